The van der Waals surface area contributed by atoms with Gasteiger partial charge in [0.2, 0.25) is 0 Å². The lowest BCUT2D eigenvalue weighted by atomic mass is 9.92. The van der Waals surface area contributed by atoms with Crippen LogP contribution >= 0.6 is 0 Å². The SMILES string of the molecule is CC(C)(C)Cc1nccc(CNC2CC2)n1. The van der Waals surface area contributed by atoms with E-state index in [1.165, 1.54) is 12.8 Å². The van der Waals surface area contributed by atoms with Gasteiger partial charge in [0.1, 0.15) is 5.82 Å². The second-order valence-electron chi connectivity index (χ2n) is 5.86. The van der Waals surface area contributed by atoms with Crippen LogP contribution in [-0.4, -0.2) is 16.0 Å². The molecule has 1 heterocycles. The molecule has 1 saturated carbocycles. The van der Waals surface area contributed by atoms with E-state index in [4.69, 9.17) is 0 Å². The minimum absolute atomic E-state index is 0.253. The maximum atomic E-state index is 4.58. The van der Waals surface area contributed by atoms with Gasteiger partial charge in [-0.1, -0.05) is 20.8 Å². The van der Waals surface area contributed by atoms with Gasteiger partial charge < -0.3 is 5.32 Å². The highest BCUT2D eigenvalue weighted by molar-refractivity contribution is 5.04. The number of nitrogens with one attached hydrogen (secondary N) is 1. The molecule has 16 heavy (non-hydrogen) atoms. The Morgan fingerprint density at radius 2 is 2.12 bits per heavy atom. The summed E-state index contributed by atoms with van der Waals surface area (Å²) in [6.07, 6.45) is 5.45. The Morgan fingerprint density at radius 3 is 2.75 bits per heavy atom. The van der Waals surface area contributed by atoms with E-state index in [1.807, 2.05) is 12.3 Å². The van der Waals surface area contributed by atoms with Crippen LogP contribution in [0.2, 0.25) is 0 Å². The summed E-state index contributed by atoms with van der Waals surface area (Å²) in [5.74, 6) is 0.961. The molecule has 3 heteroatoms. The third-order valence-electron chi connectivity index (χ3n) is 2.60. The minimum Gasteiger partial charge on any atom is -0.308 e. The van der Waals surface area contributed by atoms with Crippen LogP contribution < -0.4 is 5.32 Å². The van der Waals surface area contributed by atoms with Gasteiger partial charge in [0.25, 0.3) is 0 Å². The minimum atomic E-state index is 0.253. The Kier molecular flexibility index (Phi) is 3.24. The van der Waals surface area contributed by atoms with E-state index < -0.39 is 0 Å². The van der Waals surface area contributed by atoms with E-state index in [1.54, 1.807) is 0 Å². The number of hydrogen-bond acceptors (Lipinski definition) is 3. The second-order valence-corrected chi connectivity index (χ2v) is 5.86. The lowest BCUT2D eigenvalue weighted by Crippen LogP contribution is -2.18. The average molecular weight is 219 g/mol. The fourth-order valence-corrected chi connectivity index (χ4v) is 1.64. The Hall–Kier alpha value is -0.960. The maximum Gasteiger partial charge on any atom is 0.129 e. The summed E-state index contributed by atoms with van der Waals surface area (Å²) in [6, 6.07) is 2.74. The first-order valence-electron chi connectivity index (χ1n) is 6.07. The molecule has 0 saturated heterocycles. The normalized spacial score (nSPS) is 16.4. The Bertz CT molecular complexity index is 350. The Balaban J connectivity index is 1.95. The predicted molar refractivity (Wildman–Crippen MR) is 65.1 cm³/mol. The molecule has 1 aromatic heterocycles. The van der Waals surface area contributed by atoms with Crippen LogP contribution in [0.15, 0.2) is 12.3 Å². The van der Waals surface area contributed by atoms with Crippen LogP contribution in [0.1, 0.15) is 45.1 Å². The number of hydrogen-bond donors (Lipinski definition) is 1. The maximum absolute atomic E-state index is 4.58. The summed E-state index contributed by atoms with van der Waals surface area (Å²) in [5, 5.41) is 3.47. The van der Waals surface area contributed by atoms with Crippen molar-refractivity contribution in [2.75, 3.05) is 0 Å². The molecular formula is C13H21N3. The quantitative estimate of drug-likeness (QED) is 0.844. The molecule has 1 aliphatic carbocycles. The molecule has 0 aromatic carbocycles. The molecule has 3 nitrogen and oxygen atoms in total. The molecule has 0 atom stereocenters. The Morgan fingerprint density at radius 1 is 1.38 bits per heavy atom. The molecule has 88 valence electrons. The Labute approximate surface area is 97.7 Å². The van der Waals surface area contributed by atoms with Gasteiger partial charge in [-0.3, -0.25) is 0 Å². The molecule has 0 bridgehead atoms. The fourth-order valence-electron chi connectivity index (χ4n) is 1.64. The monoisotopic (exact) mass is 219 g/mol. The van der Waals surface area contributed by atoms with E-state index in [-0.39, 0.29) is 5.41 Å². The van der Waals surface area contributed by atoms with Gasteiger partial charge in [0, 0.05) is 25.2 Å². The smallest absolute Gasteiger partial charge is 0.129 e. The number of rotatable bonds is 4. The summed E-state index contributed by atoms with van der Waals surface area (Å²) in [5.41, 5.74) is 1.36. The second kappa shape index (κ2) is 4.50. The average Bonchev–Trinajstić information content (AvgIpc) is 2.96. The van der Waals surface area contributed by atoms with E-state index in [9.17, 15) is 0 Å². The first-order valence-corrected chi connectivity index (χ1v) is 6.07. The van der Waals surface area contributed by atoms with Crippen molar-refractivity contribution in [2.45, 2.75) is 52.6 Å². The fraction of sp³-hybridized carbons (Fsp3) is 0.692. The largest absolute Gasteiger partial charge is 0.308 e. The lowest BCUT2D eigenvalue weighted by molar-refractivity contribution is 0.399. The van der Waals surface area contributed by atoms with Gasteiger partial charge in [0.15, 0.2) is 0 Å². The predicted octanol–water partition coefficient (Wildman–Crippen LogP) is 2.32. The molecule has 0 unspecified atom stereocenters. The van der Waals surface area contributed by atoms with Gasteiger partial charge in [-0.05, 0) is 24.3 Å². The number of nitrogens with zero attached hydrogens (tertiary/aromatic N) is 2. The van der Waals surface area contributed by atoms with Crippen LogP contribution in [0.4, 0.5) is 0 Å². The van der Waals surface area contributed by atoms with Crippen molar-refractivity contribution < 1.29 is 0 Å². The summed E-state index contributed by atoms with van der Waals surface area (Å²) in [4.78, 5) is 8.91. The van der Waals surface area contributed by atoms with Gasteiger partial charge in [0.05, 0.1) is 5.69 Å². The summed E-state index contributed by atoms with van der Waals surface area (Å²) in [7, 11) is 0. The molecule has 0 amide bonds. The van der Waals surface area contributed by atoms with Crippen molar-refractivity contribution in [3.8, 4) is 0 Å². The van der Waals surface area contributed by atoms with Crippen molar-refractivity contribution in [3.05, 3.63) is 23.8 Å². The zero-order valence-corrected chi connectivity index (χ0v) is 10.5. The van der Waals surface area contributed by atoms with Crippen LogP contribution in [0.5, 0.6) is 0 Å². The molecule has 1 aromatic rings. The molecule has 1 fully saturated rings. The topological polar surface area (TPSA) is 37.8 Å². The molecule has 0 spiro atoms. The van der Waals surface area contributed by atoms with Crippen molar-refractivity contribution in [2.24, 2.45) is 5.41 Å². The van der Waals surface area contributed by atoms with Crippen LogP contribution in [0, 0.1) is 5.41 Å². The highest BCUT2D eigenvalue weighted by Gasteiger charge is 2.20. The van der Waals surface area contributed by atoms with Gasteiger partial charge in [-0.15, -0.1) is 0 Å². The van der Waals surface area contributed by atoms with Crippen LogP contribution in [0.25, 0.3) is 0 Å². The van der Waals surface area contributed by atoms with E-state index in [2.05, 4.69) is 36.1 Å². The van der Waals surface area contributed by atoms with Crippen molar-refractivity contribution in [1.29, 1.82) is 0 Å². The molecule has 0 radical (unpaired) electrons. The highest BCUT2D eigenvalue weighted by Crippen LogP contribution is 2.20. The molecule has 1 N–H and O–H groups in total. The van der Waals surface area contributed by atoms with E-state index in [0.29, 0.717) is 0 Å². The highest BCUT2D eigenvalue weighted by atomic mass is 15.0. The standard InChI is InChI=1S/C13H21N3/c1-13(2,3)8-12-14-7-6-11(16-12)9-15-10-4-5-10/h6-7,10,15H,4-5,8-9H2,1-3H3. The first-order chi connectivity index (χ1) is 7.53. The summed E-state index contributed by atoms with van der Waals surface area (Å²) >= 11 is 0. The van der Waals surface area contributed by atoms with Crippen molar-refractivity contribution >= 4 is 0 Å². The molecule has 0 aliphatic heterocycles. The number of aromatic nitrogens is 2. The van der Waals surface area contributed by atoms with Gasteiger partial charge in [-0.2, -0.15) is 0 Å². The summed E-state index contributed by atoms with van der Waals surface area (Å²) < 4.78 is 0. The van der Waals surface area contributed by atoms with Crippen molar-refractivity contribution in [1.82, 2.24) is 15.3 Å². The summed E-state index contributed by atoms with van der Waals surface area (Å²) in [6.45, 7) is 7.52. The molecule has 2 rings (SSSR count). The zero-order chi connectivity index (χ0) is 11.6. The van der Waals surface area contributed by atoms with Crippen molar-refractivity contribution in [3.63, 3.8) is 0 Å². The van der Waals surface area contributed by atoms with E-state index >= 15 is 0 Å². The third-order valence-corrected chi connectivity index (χ3v) is 2.60. The molecular weight excluding hydrogens is 198 g/mol. The van der Waals surface area contributed by atoms with Crippen LogP contribution in [0.3, 0.4) is 0 Å². The van der Waals surface area contributed by atoms with Crippen LogP contribution in [-0.2, 0) is 13.0 Å². The third kappa shape index (κ3) is 3.89. The van der Waals surface area contributed by atoms with Gasteiger partial charge in [-0.25, -0.2) is 9.97 Å². The van der Waals surface area contributed by atoms with E-state index in [0.717, 1.165) is 30.5 Å². The molecule has 1 aliphatic rings. The lowest BCUT2D eigenvalue weighted by Gasteiger charge is -2.16. The zero-order valence-electron chi connectivity index (χ0n) is 10.5. The van der Waals surface area contributed by atoms with Gasteiger partial charge >= 0.3 is 0 Å². The first kappa shape index (κ1) is 11.5.